The van der Waals surface area contributed by atoms with E-state index in [0.717, 1.165) is 5.75 Å². The van der Waals surface area contributed by atoms with E-state index in [-0.39, 0.29) is 17.5 Å². The Kier molecular flexibility index (Phi) is 4.75. The van der Waals surface area contributed by atoms with E-state index < -0.39 is 0 Å². The van der Waals surface area contributed by atoms with Crippen LogP contribution in [0.1, 0.15) is 6.42 Å². The first-order valence-corrected chi connectivity index (χ1v) is 6.22. The number of aromatic nitrogens is 1. The van der Waals surface area contributed by atoms with Gasteiger partial charge in [-0.2, -0.15) is 0 Å². The Morgan fingerprint density at radius 3 is 2.74 bits per heavy atom. The molecule has 2 rings (SSSR count). The van der Waals surface area contributed by atoms with Gasteiger partial charge in [-0.15, -0.1) is 0 Å². The Labute approximate surface area is 116 Å². The lowest BCUT2D eigenvalue weighted by molar-refractivity contribution is -0.116. The Morgan fingerprint density at radius 2 is 2.00 bits per heavy atom. The summed E-state index contributed by atoms with van der Waals surface area (Å²) in [5.74, 6) is 0.584. The van der Waals surface area contributed by atoms with Crippen molar-refractivity contribution in [3.63, 3.8) is 0 Å². The average molecular weight is 277 g/mol. The first-order chi connectivity index (χ1) is 9.25. The molecule has 0 bridgehead atoms. The first kappa shape index (κ1) is 13.4. The number of para-hydroxylation sites is 1. The smallest absolute Gasteiger partial charge is 0.227 e. The van der Waals surface area contributed by atoms with Gasteiger partial charge in [0.15, 0.2) is 5.15 Å². The standard InChI is InChI=1S/C14H13ClN2O2/c15-14-12(7-4-9-16-14)17-13(18)8-10-19-11-5-2-1-3-6-11/h1-7,9H,8,10H2,(H,17,18). The highest BCUT2D eigenvalue weighted by molar-refractivity contribution is 6.32. The van der Waals surface area contributed by atoms with Gasteiger partial charge in [-0.3, -0.25) is 4.79 Å². The highest BCUT2D eigenvalue weighted by atomic mass is 35.5. The number of carbonyl (C=O) groups excluding carboxylic acids is 1. The normalized spacial score (nSPS) is 9.95. The summed E-state index contributed by atoms with van der Waals surface area (Å²) in [5.41, 5.74) is 0.508. The number of benzene rings is 1. The molecule has 0 aliphatic heterocycles. The minimum Gasteiger partial charge on any atom is -0.493 e. The molecule has 2 aromatic rings. The molecular formula is C14H13ClN2O2. The van der Waals surface area contributed by atoms with Crippen molar-refractivity contribution in [3.8, 4) is 5.75 Å². The van der Waals surface area contributed by atoms with Crippen molar-refractivity contribution in [2.24, 2.45) is 0 Å². The fraction of sp³-hybridized carbons (Fsp3) is 0.143. The third-order valence-corrected chi connectivity index (χ3v) is 2.68. The summed E-state index contributed by atoms with van der Waals surface area (Å²) in [5, 5.41) is 2.96. The predicted octanol–water partition coefficient (Wildman–Crippen LogP) is 3.14. The molecule has 5 heteroatoms. The molecule has 19 heavy (non-hydrogen) atoms. The maximum Gasteiger partial charge on any atom is 0.227 e. The van der Waals surface area contributed by atoms with Gasteiger partial charge in [0.25, 0.3) is 0 Å². The van der Waals surface area contributed by atoms with Crippen molar-refractivity contribution in [3.05, 3.63) is 53.8 Å². The van der Waals surface area contributed by atoms with E-state index >= 15 is 0 Å². The van der Waals surface area contributed by atoms with E-state index in [0.29, 0.717) is 12.3 Å². The van der Waals surface area contributed by atoms with Crippen molar-refractivity contribution in [1.29, 1.82) is 0 Å². The third kappa shape index (κ3) is 4.26. The number of pyridine rings is 1. The average Bonchev–Trinajstić information content (AvgIpc) is 2.43. The van der Waals surface area contributed by atoms with Gasteiger partial charge in [0.1, 0.15) is 5.75 Å². The zero-order valence-electron chi connectivity index (χ0n) is 10.2. The lowest BCUT2D eigenvalue weighted by Gasteiger charge is -2.07. The Balaban J connectivity index is 1.78. The van der Waals surface area contributed by atoms with E-state index in [1.807, 2.05) is 30.3 Å². The molecule has 0 aliphatic carbocycles. The molecule has 0 saturated heterocycles. The van der Waals surface area contributed by atoms with Gasteiger partial charge < -0.3 is 10.1 Å². The van der Waals surface area contributed by atoms with Crippen LogP contribution in [0.4, 0.5) is 5.69 Å². The minimum absolute atomic E-state index is 0.161. The Bertz CT molecular complexity index is 546. The molecule has 0 spiro atoms. The number of carbonyl (C=O) groups is 1. The monoisotopic (exact) mass is 276 g/mol. The summed E-state index contributed by atoms with van der Waals surface area (Å²) < 4.78 is 5.44. The van der Waals surface area contributed by atoms with Crippen LogP contribution >= 0.6 is 11.6 Å². The Hall–Kier alpha value is -2.07. The van der Waals surface area contributed by atoms with Crippen LogP contribution in [-0.2, 0) is 4.79 Å². The summed E-state index contributed by atoms with van der Waals surface area (Å²) in [7, 11) is 0. The lowest BCUT2D eigenvalue weighted by Crippen LogP contribution is -2.15. The number of hydrogen-bond acceptors (Lipinski definition) is 3. The molecule has 0 fully saturated rings. The van der Waals surface area contributed by atoms with Crippen LogP contribution in [0.2, 0.25) is 5.15 Å². The molecular weight excluding hydrogens is 264 g/mol. The van der Waals surface area contributed by atoms with Crippen LogP contribution in [0.3, 0.4) is 0 Å². The Morgan fingerprint density at radius 1 is 1.21 bits per heavy atom. The van der Waals surface area contributed by atoms with Gasteiger partial charge in [-0.1, -0.05) is 29.8 Å². The van der Waals surface area contributed by atoms with Gasteiger partial charge in [0.2, 0.25) is 5.91 Å². The maximum atomic E-state index is 11.7. The van der Waals surface area contributed by atoms with Crippen molar-refractivity contribution in [2.75, 3.05) is 11.9 Å². The quantitative estimate of drug-likeness (QED) is 0.854. The molecule has 1 aromatic carbocycles. The number of anilines is 1. The highest BCUT2D eigenvalue weighted by Crippen LogP contribution is 2.17. The summed E-state index contributed by atoms with van der Waals surface area (Å²) in [6, 6.07) is 12.8. The highest BCUT2D eigenvalue weighted by Gasteiger charge is 2.06. The molecule has 1 amide bonds. The van der Waals surface area contributed by atoms with E-state index in [1.54, 1.807) is 18.3 Å². The minimum atomic E-state index is -0.161. The van der Waals surface area contributed by atoms with Crippen LogP contribution in [0.5, 0.6) is 5.75 Å². The van der Waals surface area contributed by atoms with E-state index in [9.17, 15) is 4.79 Å². The van der Waals surface area contributed by atoms with Crippen LogP contribution < -0.4 is 10.1 Å². The summed E-state index contributed by atoms with van der Waals surface area (Å²) in [6.45, 7) is 0.313. The van der Waals surface area contributed by atoms with E-state index in [2.05, 4.69) is 10.3 Å². The molecule has 0 atom stereocenters. The van der Waals surface area contributed by atoms with E-state index in [1.165, 1.54) is 0 Å². The zero-order valence-corrected chi connectivity index (χ0v) is 10.9. The lowest BCUT2D eigenvalue weighted by atomic mass is 10.3. The number of halogens is 1. The SMILES string of the molecule is O=C(CCOc1ccccc1)Nc1cccnc1Cl. The van der Waals surface area contributed by atoms with Crippen molar-refractivity contribution in [1.82, 2.24) is 4.98 Å². The zero-order chi connectivity index (χ0) is 13.5. The molecule has 1 heterocycles. The summed E-state index contributed by atoms with van der Waals surface area (Å²) >= 11 is 5.84. The number of rotatable bonds is 5. The molecule has 0 unspecified atom stereocenters. The van der Waals surface area contributed by atoms with Gasteiger partial charge in [0.05, 0.1) is 18.7 Å². The molecule has 1 N–H and O–H groups in total. The second kappa shape index (κ2) is 6.75. The molecule has 0 aliphatic rings. The second-order valence-electron chi connectivity index (χ2n) is 3.80. The van der Waals surface area contributed by atoms with Gasteiger partial charge >= 0.3 is 0 Å². The van der Waals surface area contributed by atoms with Crippen LogP contribution in [-0.4, -0.2) is 17.5 Å². The molecule has 98 valence electrons. The topological polar surface area (TPSA) is 51.2 Å². The summed E-state index contributed by atoms with van der Waals surface area (Å²) in [6.07, 6.45) is 1.82. The van der Waals surface area contributed by atoms with E-state index in [4.69, 9.17) is 16.3 Å². The number of nitrogens with zero attached hydrogens (tertiary/aromatic N) is 1. The number of hydrogen-bond donors (Lipinski definition) is 1. The number of amides is 1. The molecule has 0 saturated carbocycles. The number of ether oxygens (including phenoxy) is 1. The molecule has 0 radical (unpaired) electrons. The van der Waals surface area contributed by atoms with Crippen LogP contribution in [0.15, 0.2) is 48.7 Å². The van der Waals surface area contributed by atoms with Crippen molar-refractivity contribution < 1.29 is 9.53 Å². The first-order valence-electron chi connectivity index (χ1n) is 5.84. The fourth-order valence-electron chi connectivity index (χ4n) is 1.47. The maximum absolute atomic E-state index is 11.7. The molecule has 1 aromatic heterocycles. The second-order valence-corrected chi connectivity index (χ2v) is 4.16. The third-order valence-electron chi connectivity index (χ3n) is 2.37. The van der Waals surface area contributed by atoms with Gasteiger partial charge in [-0.05, 0) is 24.3 Å². The van der Waals surface area contributed by atoms with Crippen molar-refractivity contribution >= 4 is 23.2 Å². The summed E-state index contributed by atoms with van der Waals surface area (Å²) in [4.78, 5) is 15.6. The van der Waals surface area contributed by atoms with Crippen LogP contribution in [0.25, 0.3) is 0 Å². The molecule has 4 nitrogen and oxygen atoms in total. The van der Waals surface area contributed by atoms with Crippen LogP contribution in [0, 0.1) is 0 Å². The largest absolute Gasteiger partial charge is 0.493 e. The van der Waals surface area contributed by atoms with Crippen molar-refractivity contribution in [2.45, 2.75) is 6.42 Å². The fourth-order valence-corrected chi connectivity index (χ4v) is 1.64. The van der Waals surface area contributed by atoms with Gasteiger partial charge in [0, 0.05) is 6.20 Å². The van der Waals surface area contributed by atoms with Gasteiger partial charge in [-0.25, -0.2) is 4.98 Å². The predicted molar refractivity (Wildman–Crippen MR) is 74.4 cm³/mol. The number of nitrogens with one attached hydrogen (secondary N) is 1.